The molecule has 1 unspecified atom stereocenters. The highest BCUT2D eigenvalue weighted by atomic mass is 14.8. The van der Waals surface area contributed by atoms with Gasteiger partial charge < -0.3 is 5.73 Å². The lowest BCUT2D eigenvalue weighted by Gasteiger charge is -2.38. The zero-order chi connectivity index (χ0) is 19.5. The molecule has 2 N–H and O–H groups in total. The van der Waals surface area contributed by atoms with Gasteiger partial charge in [0.2, 0.25) is 0 Å². The second-order valence-corrected chi connectivity index (χ2v) is 8.87. The molecule has 0 amide bonds. The zero-order valence-corrected chi connectivity index (χ0v) is 19.1. The van der Waals surface area contributed by atoms with Crippen molar-refractivity contribution in [1.29, 1.82) is 0 Å². The molecule has 0 rings (SSSR count). The van der Waals surface area contributed by atoms with Gasteiger partial charge in [-0.05, 0) is 25.2 Å². The molecule has 0 aliphatic carbocycles. The van der Waals surface area contributed by atoms with Gasteiger partial charge in [-0.15, -0.1) is 0 Å². The van der Waals surface area contributed by atoms with Crippen molar-refractivity contribution in [1.82, 2.24) is 0 Å². The molecule has 0 saturated heterocycles. The van der Waals surface area contributed by atoms with E-state index < -0.39 is 0 Å². The Morgan fingerprint density at radius 2 is 0.923 bits per heavy atom. The molecule has 0 aromatic carbocycles. The molecule has 26 heavy (non-hydrogen) atoms. The molecule has 0 aromatic rings. The summed E-state index contributed by atoms with van der Waals surface area (Å²) in [7, 11) is 0. The Hall–Kier alpha value is -0.0400. The number of hydrogen-bond acceptors (Lipinski definition) is 1. The largest absolute Gasteiger partial charge is 0.325 e. The molecule has 1 heteroatoms. The summed E-state index contributed by atoms with van der Waals surface area (Å²) in [5.41, 5.74) is 7.23. The maximum Gasteiger partial charge on any atom is 0.0182 e. The van der Waals surface area contributed by atoms with Gasteiger partial charge in [0.25, 0.3) is 0 Å². The molecule has 158 valence electrons. The van der Waals surface area contributed by atoms with Gasteiger partial charge in [-0.1, -0.05) is 130 Å². The highest BCUT2D eigenvalue weighted by Crippen LogP contribution is 2.34. The molecular weight excluding hydrogens is 314 g/mol. The third kappa shape index (κ3) is 13.2. The van der Waals surface area contributed by atoms with Crippen molar-refractivity contribution >= 4 is 0 Å². The Morgan fingerprint density at radius 1 is 0.538 bits per heavy atom. The molecule has 0 saturated carbocycles. The Balaban J connectivity index is 4.46. The first-order valence-electron chi connectivity index (χ1n) is 12.4. The lowest BCUT2D eigenvalue weighted by Crippen LogP contribution is -2.47. The highest BCUT2D eigenvalue weighted by Gasteiger charge is 2.32. The molecular formula is C25H53N. The van der Waals surface area contributed by atoms with Gasteiger partial charge in [-0.2, -0.15) is 0 Å². The third-order valence-electron chi connectivity index (χ3n) is 6.45. The van der Waals surface area contributed by atoms with Gasteiger partial charge >= 0.3 is 0 Å². The summed E-state index contributed by atoms with van der Waals surface area (Å²) in [5, 5.41) is 0. The fraction of sp³-hybridized carbons (Fsp3) is 1.00. The molecule has 0 spiro atoms. The van der Waals surface area contributed by atoms with Crippen molar-refractivity contribution in [3.63, 3.8) is 0 Å². The van der Waals surface area contributed by atoms with Crippen LogP contribution in [0.4, 0.5) is 0 Å². The maximum absolute atomic E-state index is 7.12. The first-order chi connectivity index (χ1) is 12.6. The second-order valence-electron chi connectivity index (χ2n) is 8.87. The maximum atomic E-state index is 7.12. The molecule has 0 radical (unpaired) electrons. The number of hydrogen-bond donors (Lipinski definition) is 1. The van der Waals surface area contributed by atoms with Crippen LogP contribution in [0.15, 0.2) is 0 Å². The fourth-order valence-corrected chi connectivity index (χ4v) is 4.54. The van der Waals surface area contributed by atoms with Crippen LogP contribution in [-0.2, 0) is 0 Å². The highest BCUT2D eigenvalue weighted by molar-refractivity contribution is 4.90. The Labute approximate surface area is 167 Å². The van der Waals surface area contributed by atoms with Crippen LogP contribution in [0, 0.1) is 5.92 Å². The Bertz CT molecular complexity index is 259. The number of unbranched alkanes of at least 4 members (excludes halogenated alkanes) is 12. The van der Waals surface area contributed by atoms with E-state index in [2.05, 4.69) is 27.7 Å². The van der Waals surface area contributed by atoms with E-state index in [1.165, 1.54) is 122 Å². The van der Waals surface area contributed by atoms with Gasteiger partial charge in [0.15, 0.2) is 0 Å². The van der Waals surface area contributed by atoms with E-state index in [0.717, 1.165) is 5.92 Å². The molecule has 0 aliphatic rings. The molecule has 0 bridgehead atoms. The average Bonchev–Trinajstić information content (AvgIpc) is 2.64. The number of nitrogens with two attached hydrogens (primary N) is 1. The number of rotatable bonds is 20. The normalized spacial score (nSPS) is 13.3. The molecule has 0 aromatic heterocycles. The van der Waals surface area contributed by atoms with Gasteiger partial charge in [-0.3, -0.25) is 0 Å². The average molecular weight is 368 g/mol. The standard InChI is InChI=1S/C25H53N/c1-5-9-12-15-18-21-24(8-4)25(26,22-19-16-13-10-6-2)23-20-17-14-11-7-3/h24H,5-23,26H2,1-4H3. The van der Waals surface area contributed by atoms with Crippen LogP contribution in [0.5, 0.6) is 0 Å². The summed E-state index contributed by atoms with van der Waals surface area (Å²) >= 11 is 0. The van der Waals surface area contributed by atoms with Crippen molar-refractivity contribution in [2.45, 2.75) is 155 Å². The van der Waals surface area contributed by atoms with Crippen LogP contribution in [0.2, 0.25) is 0 Å². The SMILES string of the molecule is CCCCCCCC(CC)C(N)(CCCCCCC)CCCCCCC. The molecule has 0 fully saturated rings. The molecule has 0 heterocycles. The predicted octanol–water partition coefficient (Wildman–Crippen LogP) is 8.79. The van der Waals surface area contributed by atoms with Crippen LogP contribution >= 0.6 is 0 Å². The van der Waals surface area contributed by atoms with Crippen LogP contribution in [0.25, 0.3) is 0 Å². The Morgan fingerprint density at radius 3 is 1.31 bits per heavy atom. The van der Waals surface area contributed by atoms with E-state index in [1.54, 1.807) is 0 Å². The summed E-state index contributed by atoms with van der Waals surface area (Å²) < 4.78 is 0. The van der Waals surface area contributed by atoms with E-state index >= 15 is 0 Å². The van der Waals surface area contributed by atoms with Crippen molar-refractivity contribution in [3.8, 4) is 0 Å². The lowest BCUT2D eigenvalue weighted by molar-refractivity contribution is 0.199. The van der Waals surface area contributed by atoms with Crippen LogP contribution in [0.1, 0.15) is 150 Å². The topological polar surface area (TPSA) is 26.0 Å². The smallest absolute Gasteiger partial charge is 0.0182 e. The predicted molar refractivity (Wildman–Crippen MR) is 121 cm³/mol. The van der Waals surface area contributed by atoms with Gasteiger partial charge in [0.1, 0.15) is 0 Å². The molecule has 0 aliphatic heterocycles. The van der Waals surface area contributed by atoms with Crippen LogP contribution < -0.4 is 5.73 Å². The van der Waals surface area contributed by atoms with Crippen molar-refractivity contribution in [3.05, 3.63) is 0 Å². The van der Waals surface area contributed by atoms with E-state index in [9.17, 15) is 0 Å². The van der Waals surface area contributed by atoms with E-state index in [1.807, 2.05) is 0 Å². The minimum absolute atomic E-state index is 0.109. The minimum atomic E-state index is 0.109. The fourth-order valence-electron chi connectivity index (χ4n) is 4.54. The summed E-state index contributed by atoms with van der Waals surface area (Å²) in [6.45, 7) is 9.29. The van der Waals surface area contributed by atoms with E-state index in [4.69, 9.17) is 5.73 Å². The lowest BCUT2D eigenvalue weighted by atomic mass is 9.73. The van der Waals surface area contributed by atoms with Crippen LogP contribution in [-0.4, -0.2) is 5.54 Å². The quantitative estimate of drug-likeness (QED) is 0.214. The van der Waals surface area contributed by atoms with Gasteiger partial charge in [-0.25, -0.2) is 0 Å². The summed E-state index contributed by atoms with van der Waals surface area (Å²) in [5.74, 6) is 0.737. The molecule has 1 atom stereocenters. The summed E-state index contributed by atoms with van der Waals surface area (Å²) in [6, 6.07) is 0. The zero-order valence-electron chi connectivity index (χ0n) is 19.1. The summed E-state index contributed by atoms with van der Waals surface area (Å²) in [6.07, 6.45) is 25.8. The van der Waals surface area contributed by atoms with E-state index in [0.29, 0.717) is 0 Å². The van der Waals surface area contributed by atoms with Gasteiger partial charge in [0.05, 0.1) is 0 Å². The summed E-state index contributed by atoms with van der Waals surface area (Å²) in [4.78, 5) is 0. The molecule has 1 nitrogen and oxygen atoms in total. The van der Waals surface area contributed by atoms with Crippen molar-refractivity contribution in [2.75, 3.05) is 0 Å². The Kier molecular flexibility index (Phi) is 18.3. The third-order valence-corrected chi connectivity index (χ3v) is 6.45. The van der Waals surface area contributed by atoms with E-state index in [-0.39, 0.29) is 5.54 Å². The minimum Gasteiger partial charge on any atom is -0.325 e. The van der Waals surface area contributed by atoms with Crippen molar-refractivity contribution in [2.24, 2.45) is 11.7 Å². The first kappa shape index (κ1) is 26.0. The van der Waals surface area contributed by atoms with Crippen LogP contribution in [0.3, 0.4) is 0 Å². The second kappa shape index (κ2) is 18.3. The van der Waals surface area contributed by atoms with Crippen molar-refractivity contribution < 1.29 is 0 Å². The monoisotopic (exact) mass is 367 g/mol. The first-order valence-corrected chi connectivity index (χ1v) is 12.4. The van der Waals surface area contributed by atoms with Gasteiger partial charge in [0, 0.05) is 5.54 Å².